The summed E-state index contributed by atoms with van der Waals surface area (Å²) in [5.74, 6) is -1.53. The van der Waals surface area contributed by atoms with Crippen molar-refractivity contribution >= 4 is 11.4 Å². The maximum Gasteiger partial charge on any atom is 0.396 e. The quantitative estimate of drug-likeness (QED) is 0.806. The molecule has 1 aromatic carbocycles. The van der Waals surface area contributed by atoms with Crippen molar-refractivity contribution in [2.45, 2.75) is 12.6 Å². The third-order valence-electron chi connectivity index (χ3n) is 4.81. The van der Waals surface area contributed by atoms with E-state index in [2.05, 4.69) is 15.3 Å². The largest absolute Gasteiger partial charge is 0.396 e. The molecular formula is C21H18F3N3. The number of alkyl halides is 3. The standard InChI is InChI=1S/C21H18F3N3/c22-21(23,24)18-4-2-1-3-16(18)20-17-13-15(14-7-9-25-10-8-14)5-6-19(17)26-11-12-27-20/h1-3,5-10,13,18,26H,4,11-12H2. The lowest BCUT2D eigenvalue weighted by molar-refractivity contribution is -0.161. The zero-order valence-electron chi connectivity index (χ0n) is 14.5. The minimum absolute atomic E-state index is 0.0544. The van der Waals surface area contributed by atoms with Crippen LogP contribution in [0.1, 0.15) is 12.0 Å². The van der Waals surface area contributed by atoms with Crippen LogP contribution in [0.2, 0.25) is 0 Å². The number of hydrogen-bond acceptors (Lipinski definition) is 3. The van der Waals surface area contributed by atoms with Crippen LogP contribution in [0.5, 0.6) is 0 Å². The molecule has 1 aliphatic carbocycles. The fourth-order valence-electron chi connectivity index (χ4n) is 3.49. The molecule has 0 amide bonds. The summed E-state index contributed by atoms with van der Waals surface area (Å²) >= 11 is 0. The van der Waals surface area contributed by atoms with Gasteiger partial charge in [0.25, 0.3) is 0 Å². The van der Waals surface area contributed by atoms with Crippen molar-refractivity contribution in [2.24, 2.45) is 10.9 Å². The summed E-state index contributed by atoms with van der Waals surface area (Å²) in [6, 6.07) is 9.54. The third kappa shape index (κ3) is 3.52. The lowest BCUT2D eigenvalue weighted by Gasteiger charge is -2.26. The Labute approximate surface area is 155 Å². The summed E-state index contributed by atoms with van der Waals surface area (Å²) < 4.78 is 40.8. The first-order valence-corrected chi connectivity index (χ1v) is 8.81. The Morgan fingerprint density at radius 2 is 1.85 bits per heavy atom. The molecule has 0 bridgehead atoms. The maximum absolute atomic E-state index is 13.6. The molecule has 1 unspecified atom stereocenters. The number of benzodiazepines with no additional fused rings is 1. The topological polar surface area (TPSA) is 37.3 Å². The highest BCUT2D eigenvalue weighted by molar-refractivity contribution is 6.17. The number of anilines is 1. The molecule has 27 heavy (non-hydrogen) atoms. The van der Waals surface area contributed by atoms with Gasteiger partial charge in [0, 0.05) is 30.2 Å². The number of hydrogen-bond donors (Lipinski definition) is 1. The SMILES string of the molecule is FC(F)(F)C1CC=CC=C1C1=NCCNc2ccc(-c3ccncc3)cc21. The summed E-state index contributed by atoms with van der Waals surface area (Å²) in [5, 5.41) is 3.27. The molecule has 0 saturated heterocycles. The highest BCUT2D eigenvalue weighted by Gasteiger charge is 2.43. The Morgan fingerprint density at radius 1 is 1.04 bits per heavy atom. The van der Waals surface area contributed by atoms with Crippen LogP contribution in [0, 0.1) is 5.92 Å². The molecule has 3 nitrogen and oxygen atoms in total. The fraction of sp³-hybridized carbons (Fsp3) is 0.238. The number of nitrogens with one attached hydrogen (secondary N) is 1. The molecule has 1 aromatic heterocycles. The molecule has 2 aliphatic rings. The molecule has 1 N–H and O–H groups in total. The van der Waals surface area contributed by atoms with Gasteiger partial charge in [-0.3, -0.25) is 9.98 Å². The van der Waals surface area contributed by atoms with Gasteiger partial charge < -0.3 is 5.32 Å². The molecule has 2 aromatic rings. The molecule has 4 rings (SSSR count). The number of rotatable bonds is 2. The zero-order valence-corrected chi connectivity index (χ0v) is 14.5. The van der Waals surface area contributed by atoms with E-state index in [0.717, 1.165) is 16.8 Å². The maximum atomic E-state index is 13.6. The van der Waals surface area contributed by atoms with E-state index in [-0.39, 0.29) is 12.0 Å². The lowest BCUT2D eigenvalue weighted by Crippen LogP contribution is -2.29. The second-order valence-corrected chi connectivity index (χ2v) is 6.53. The van der Waals surface area contributed by atoms with E-state index in [1.54, 1.807) is 30.6 Å². The van der Waals surface area contributed by atoms with Gasteiger partial charge in [0.1, 0.15) is 0 Å². The number of aromatic nitrogens is 1. The smallest absolute Gasteiger partial charge is 0.383 e. The highest BCUT2D eigenvalue weighted by Crippen LogP contribution is 2.40. The van der Waals surface area contributed by atoms with E-state index in [0.29, 0.717) is 24.4 Å². The van der Waals surface area contributed by atoms with Gasteiger partial charge >= 0.3 is 6.18 Å². The molecule has 6 heteroatoms. The average molecular weight is 369 g/mol. The number of aliphatic imine (C=N–C) groups is 1. The molecular weight excluding hydrogens is 351 g/mol. The van der Waals surface area contributed by atoms with E-state index >= 15 is 0 Å². The van der Waals surface area contributed by atoms with Crippen LogP contribution in [0.4, 0.5) is 18.9 Å². The summed E-state index contributed by atoms with van der Waals surface area (Å²) in [6.07, 6.45) is 3.83. The molecule has 0 radical (unpaired) electrons. The van der Waals surface area contributed by atoms with Gasteiger partial charge in [-0.05, 0) is 47.4 Å². The molecule has 1 aliphatic heterocycles. The van der Waals surface area contributed by atoms with Crippen LogP contribution < -0.4 is 5.32 Å². The van der Waals surface area contributed by atoms with Crippen molar-refractivity contribution in [1.29, 1.82) is 0 Å². The minimum atomic E-state index is -4.30. The molecule has 0 fully saturated rings. The van der Waals surface area contributed by atoms with E-state index in [9.17, 15) is 13.2 Å². The third-order valence-corrected chi connectivity index (χ3v) is 4.81. The van der Waals surface area contributed by atoms with Gasteiger partial charge in [-0.15, -0.1) is 0 Å². The van der Waals surface area contributed by atoms with Crippen molar-refractivity contribution in [1.82, 2.24) is 4.98 Å². The monoisotopic (exact) mass is 369 g/mol. The zero-order chi connectivity index (χ0) is 18.9. The molecule has 1 atom stereocenters. The Morgan fingerprint density at radius 3 is 2.63 bits per heavy atom. The summed E-state index contributed by atoms with van der Waals surface area (Å²) in [7, 11) is 0. The average Bonchev–Trinajstić information content (AvgIpc) is 2.90. The number of fused-ring (bicyclic) bond motifs is 1. The van der Waals surface area contributed by atoms with Crippen LogP contribution >= 0.6 is 0 Å². The second kappa shape index (κ2) is 7.02. The van der Waals surface area contributed by atoms with Crippen LogP contribution in [0.3, 0.4) is 0 Å². The van der Waals surface area contributed by atoms with Gasteiger partial charge in [-0.25, -0.2) is 0 Å². The lowest BCUT2D eigenvalue weighted by atomic mass is 9.84. The fourth-order valence-corrected chi connectivity index (χ4v) is 3.49. The van der Waals surface area contributed by atoms with Crippen molar-refractivity contribution < 1.29 is 13.2 Å². The normalized spacial score (nSPS) is 19.4. The van der Waals surface area contributed by atoms with Gasteiger partial charge in [0.2, 0.25) is 0 Å². The van der Waals surface area contributed by atoms with E-state index < -0.39 is 12.1 Å². The molecule has 2 heterocycles. The number of allylic oxidation sites excluding steroid dienone is 4. The first-order chi connectivity index (χ1) is 13.0. The minimum Gasteiger partial charge on any atom is -0.383 e. The van der Waals surface area contributed by atoms with Crippen molar-refractivity contribution in [3.63, 3.8) is 0 Å². The van der Waals surface area contributed by atoms with Crippen molar-refractivity contribution in [3.05, 3.63) is 72.1 Å². The Balaban J connectivity index is 1.83. The van der Waals surface area contributed by atoms with Crippen LogP contribution in [0.15, 0.2) is 71.5 Å². The first-order valence-electron chi connectivity index (χ1n) is 8.81. The van der Waals surface area contributed by atoms with Gasteiger partial charge in [-0.2, -0.15) is 13.2 Å². The van der Waals surface area contributed by atoms with Crippen LogP contribution in [-0.2, 0) is 0 Å². The van der Waals surface area contributed by atoms with Gasteiger partial charge in [-0.1, -0.05) is 24.3 Å². The number of benzene rings is 1. The molecule has 0 saturated carbocycles. The van der Waals surface area contributed by atoms with Crippen LogP contribution in [0.25, 0.3) is 11.1 Å². The number of pyridine rings is 1. The molecule has 0 spiro atoms. The summed E-state index contributed by atoms with van der Waals surface area (Å²) in [6.45, 7) is 1.02. The number of halogens is 3. The molecule has 138 valence electrons. The van der Waals surface area contributed by atoms with Crippen molar-refractivity contribution in [2.75, 3.05) is 18.4 Å². The first kappa shape index (κ1) is 17.5. The van der Waals surface area contributed by atoms with Crippen molar-refractivity contribution in [3.8, 4) is 11.1 Å². The Kier molecular flexibility index (Phi) is 4.56. The second-order valence-electron chi connectivity index (χ2n) is 6.53. The van der Waals surface area contributed by atoms with Gasteiger partial charge in [0.15, 0.2) is 0 Å². The van der Waals surface area contributed by atoms with E-state index in [1.165, 1.54) is 0 Å². The van der Waals surface area contributed by atoms with E-state index in [4.69, 9.17) is 0 Å². The Bertz CT molecular complexity index is 927. The van der Waals surface area contributed by atoms with Gasteiger partial charge in [0.05, 0.1) is 18.2 Å². The van der Waals surface area contributed by atoms with E-state index in [1.807, 2.05) is 30.3 Å². The predicted molar refractivity (Wildman–Crippen MR) is 101 cm³/mol. The summed E-state index contributed by atoms with van der Waals surface area (Å²) in [5.41, 5.74) is 4.06. The number of nitrogens with zero attached hydrogens (tertiary/aromatic N) is 2. The van der Waals surface area contributed by atoms with Crippen LogP contribution in [-0.4, -0.2) is 30.0 Å². The Hall–Kier alpha value is -2.89. The summed E-state index contributed by atoms with van der Waals surface area (Å²) in [4.78, 5) is 8.55. The highest BCUT2D eigenvalue weighted by atomic mass is 19.4. The predicted octanol–water partition coefficient (Wildman–Crippen LogP) is 5.03.